The molecule has 0 amide bonds. The van der Waals surface area contributed by atoms with E-state index in [1.54, 1.807) is 6.08 Å². The minimum atomic E-state index is -0.784. The minimum Gasteiger partial charge on any atom is -0.481 e. The van der Waals surface area contributed by atoms with Gasteiger partial charge in [-0.05, 0) is 12.8 Å². The zero-order valence-corrected chi connectivity index (χ0v) is 8.65. The predicted molar refractivity (Wildman–Crippen MR) is 54.3 cm³/mol. The highest BCUT2D eigenvalue weighted by molar-refractivity contribution is 5.74. The van der Waals surface area contributed by atoms with Crippen LogP contribution in [0.5, 0.6) is 0 Å². The van der Waals surface area contributed by atoms with Crippen LogP contribution in [-0.2, 0) is 14.3 Å². The van der Waals surface area contributed by atoms with Gasteiger partial charge in [-0.15, -0.1) is 0 Å². The molecule has 1 rings (SSSR count). The quantitative estimate of drug-likeness (QED) is 0.414. The van der Waals surface area contributed by atoms with Gasteiger partial charge in [0.25, 0.3) is 0 Å². The number of hydrogen-bond acceptors (Lipinski definition) is 3. The molecule has 0 radical (unpaired) electrons. The summed E-state index contributed by atoms with van der Waals surface area (Å²) in [4.78, 5) is 21.5. The molecule has 1 aliphatic heterocycles. The van der Waals surface area contributed by atoms with Gasteiger partial charge in [-0.3, -0.25) is 9.59 Å². The first-order valence-corrected chi connectivity index (χ1v) is 5.18. The standard InChI is InChI=1S/C11H16O4/c1-2-9-7-8(11(14)15-9)5-3-4-6-10(12)13/h2,8-9H,1,3-7H2,(H,12,13). The number of hydrogen-bond donors (Lipinski definition) is 1. The van der Waals surface area contributed by atoms with E-state index in [2.05, 4.69) is 6.58 Å². The van der Waals surface area contributed by atoms with E-state index in [9.17, 15) is 9.59 Å². The second-order valence-corrected chi connectivity index (χ2v) is 3.78. The van der Waals surface area contributed by atoms with E-state index in [4.69, 9.17) is 9.84 Å². The lowest BCUT2D eigenvalue weighted by atomic mass is 9.98. The number of unbranched alkanes of at least 4 members (excludes halogenated alkanes) is 1. The number of cyclic esters (lactones) is 1. The summed E-state index contributed by atoms with van der Waals surface area (Å²) in [6.45, 7) is 3.58. The maximum Gasteiger partial charge on any atom is 0.309 e. The average molecular weight is 212 g/mol. The molecule has 84 valence electrons. The van der Waals surface area contributed by atoms with Crippen molar-refractivity contribution in [2.75, 3.05) is 0 Å². The number of carbonyl (C=O) groups excluding carboxylic acids is 1. The van der Waals surface area contributed by atoms with Crippen LogP contribution in [0, 0.1) is 5.92 Å². The van der Waals surface area contributed by atoms with Crippen molar-refractivity contribution in [2.24, 2.45) is 5.92 Å². The van der Waals surface area contributed by atoms with Crippen molar-refractivity contribution in [3.63, 3.8) is 0 Å². The molecule has 0 saturated carbocycles. The van der Waals surface area contributed by atoms with Crippen LogP contribution < -0.4 is 0 Å². The van der Waals surface area contributed by atoms with Crippen LogP contribution in [0.15, 0.2) is 12.7 Å². The fourth-order valence-corrected chi connectivity index (χ4v) is 1.72. The number of carboxylic acid groups (broad SMARTS) is 1. The van der Waals surface area contributed by atoms with E-state index >= 15 is 0 Å². The lowest BCUT2D eigenvalue weighted by Crippen LogP contribution is -2.07. The Labute approximate surface area is 88.9 Å². The Hall–Kier alpha value is -1.32. The Morgan fingerprint density at radius 3 is 2.87 bits per heavy atom. The summed E-state index contributed by atoms with van der Waals surface area (Å²) in [5.41, 5.74) is 0. The number of ether oxygens (including phenoxy) is 1. The summed E-state index contributed by atoms with van der Waals surface area (Å²) in [7, 11) is 0. The van der Waals surface area contributed by atoms with Crippen LogP contribution in [0.2, 0.25) is 0 Å². The number of rotatable bonds is 6. The second kappa shape index (κ2) is 5.53. The Kier molecular flexibility index (Phi) is 4.34. The normalized spacial score (nSPS) is 24.9. The SMILES string of the molecule is C=CC1CC(CCCCC(=O)O)C(=O)O1. The highest BCUT2D eigenvalue weighted by Gasteiger charge is 2.31. The van der Waals surface area contributed by atoms with Crippen molar-refractivity contribution in [1.29, 1.82) is 0 Å². The van der Waals surface area contributed by atoms with Gasteiger partial charge in [0, 0.05) is 12.8 Å². The van der Waals surface area contributed by atoms with E-state index in [1.165, 1.54) is 0 Å². The summed E-state index contributed by atoms with van der Waals surface area (Å²) in [5, 5.41) is 8.43. The molecule has 1 aliphatic rings. The van der Waals surface area contributed by atoms with Crippen LogP contribution in [0.3, 0.4) is 0 Å². The van der Waals surface area contributed by atoms with Gasteiger partial charge >= 0.3 is 11.9 Å². The fraction of sp³-hybridized carbons (Fsp3) is 0.636. The molecule has 0 aromatic carbocycles. The Bertz CT molecular complexity index is 259. The van der Waals surface area contributed by atoms with Gasteiger partial charge in [0.2, 0.25) is 0 Å². The summed E-state index contributed by atoms with van der Waals surface area (Å²) in [5.74, 6) is -1.02. The molecular weight excluding hydrogens is 196 g/mol. The molecule has 1 N–H and O–H groups in total. The number of carbonyl (C=O) groups is 2. The predicted octanol–water partition coefficient (Wildman–Crippen LogP) is 1.75. The third kappa shape index (κ3) is 3.73. The van der Waals surface area contributed by atoms with Gasteiger partial charge in [0.05, 0.1) is 5.92 Å². The summed E-state index contributed by atoms with van der Waals surface area (Å²) in [6.07, 6.45) is 4.45. The zero-order chi connectivity index (χ0) is 11.3. The third-order valence-electron chi connectivity index (χ3n) is 2.57. The smallest absolute Gasteiger partial charge is 0.309 e. The van der Waals surface area contributed by atoms with Crippen molar-refractivity contribution >= 4 is 11.9 Å². The summed E-state index contributed by atoms with van der Waals surface area (Å²) >= 11 is 0. The van der Waals surface area contributed by atoms with Gasteiger partial charge in [0.15, 0.2) is 0 Å². The van der Waals surface area contributed by atoms with Crippen molar-refractivity contribution in [3.05, 3.63) is 12.7 Å². The molecular formula is C11H16O4. The molecule has 0 aliphatic carbocycles. The number of carboxylic acids is 1. The minimum absolute atomic E-state index is 0.0678. The largest absolute Gasteiger partial charge is 0.481 e. The van der Waals surface area contributed by atoms with Crippen LogP contribution >= 0.6 is 0 Å². The third-order valence-corrected chi connectivity index (χ3v) is 2.57. The maximum atomic E-state index is 11.3. The van der Waals surface area contributed by atoms with Crippen molar-refractivity contribution in [2.45, 2.75) is 38.2 Å². The van der Waals surface area contributed by atoms with Gasteiger partial charge in [-0.2, -0.15) is 0 Å². The molecule has 0 aromatic rings. The van der Waals surface area contributed by atoms with Crippen LogP contribution in [-0.4, -0.2) is 23.1 Å². The van der Waals surface area contributed by atoms with E-state index in [0.29, 0.717) is 12.8 Å². The average Bonchev–Trinajstić information content (AvgIpc) is 2.54. The molecule has 1 heterocycles. The van der Waals surface area contributed by atoms with Crippen LogP contribution in [0.25, 0.3) is 0 Å². The number of esters is 1. The lowest BCUT2D eigenvalue weighted by Gasteiger charge is -2.03. The molecule has 2 atom stereocenters. The molecule has 4 nitrogen and oxygen atoms in total. The Balaban J connectivity index is 2.19. The molecule has 2 unspecified atom stereocenters. The molecule has 4 heteroatoms. The van der Waals surface area contributed by atoms with E-state index in [-0.39, 0.29) is 24.4 Å². The number of aliphatic carboxylic acids is 1. The van der Waals surface area contributed by atoms with E-state index in [1.807, 2.05) is 0 Å². The second-order valence-electron chi connectivity index (χ2n) is 3.78. The van der Waals surface area contributed by atoms with Gasteiger partial charge < -0.3 is 9.84 Å². The molecule has 0 spiro atoms. The van der Waals surface area contributed by atoms with Gasteiger partial charge in [-0.25, -0.2) is 0 Å². The Morgan fingerprint density at radius 2 is 2.33 bits per heavy atom. The monoisotopic (exact) mass is 212 g/mol. The first kappa shape index (κ1) is 11.8. The summed E-state index contributed by atoms with van der Waals surface area (Å²) < 4.78 is 5.03. The van der Waals surface area contributed by atoms with Crippen LogP contribution in [0.4, 0.5) is 0 Å². The topological polar surface area (TPSA) is 63.6 Å². The molecule has 0 aromatic heterocycles. The lowest BCUT2D eigenvalue weighted by molar-refractivity contribution is -0.143. The first-order chi connectivity index (χ1) is 7.13. The van der Waals surface area contributed by atoms with E-state index in [0.717, 1.165) is 12.8 Å². The highest BCUT2D eigenvalue weighted by Crippen LogP contribution is 2.26. The van der Waals surface area contributed by atoms with Crippen molar-refractivity contribution in [1.82, 2.24) is 0 Å². The van der Waals surface area contributed by atoms with Gasteiger partial charge in [-0.1, -0.05) is 19.1 Å². The molecule has 1 saturated heterocycles. The fourth-order valence-electron chi connectivity index (χ4n) is 1.72. The summed E-state index contributed by atoms with van der Waals surface area (Å²) in [6, 6.07) is 0. The molecule has 15 heavy (non-hydrogen) atoms. The molecule has 0 bridgehead atoms. The first-order valence-electron chi connectivity index (χ1n) is 5.18. The highest BCUT2D eigenvalue weighted by atomic mass is 16.5. The van der Waals surface area contributed by atoms with Crippen molar-refractivity contribution in [3.8, 4) is 0 Å². The Morgan fingerprint density at radius 1 is 1.60 bits per heavy atom. The van der Waals surface area contributed by atoms with Crippen molar-refractivity contribution < 1.29 is 19.4 Å². The van der Waals surface area contributed by atoms with Gasteiger partial charge in [0.1, 0.15) is 6.10 Å². The zero-order valence-electron chi connectivity index (χ0n) is 8.65. The maximum absolute atomic E-state index is 11.3. The molecule has 1 fully saturated rings. The van der Waals surface area contributed by atoms with Crippen LogP contribution in [0.1, 0.15) is 32.1 Å². The van der Waals surface area contributed by atoms with E-state index < -0.39 is 5.97 Å².